The molecule has 0 aliphatic carbocycles. The number of H-pyrrole nitrogens is 1. The monoisotopic (exact) mass is 406 g/mol. The Kier molecular flexibility index (Phi) is 4.04. The number of nitrogens with one attached hydrogen (secondary N) is 1. The van der Waals surface area contributed by atoms with Crippen LogP contribution >= 0.6 is 0 Å². The van der Waals surface area contributed by atoms with Crippen molar-refractivity contribution in [1.82, 2.24) is 29.5 Å². The van der Waals surface area contributed by atoms with Gasteiger partial charge < -0.3 is 19.4 Å². The Morgan fingerprint density at radius 2 is 2.17 bits per heavy atom. The van der Waals surface area contributed by atoms with Gasteiger partial charge in [-0.3, -0.25) is 4.79 Å². The van der Waals surface area contributed by atoms with Crippen molar-refractivity contribution in [3.63, 3.8) is 0 Å². The molecule has 9 heteroatoms. The molecule has 30 heavy (non-hydrogen) atoms. The molecule has 5 rings (SSSR count). The summed E-state index contributed by atoms with van der Waals surface area (Å²) in [7, 11) is 0. The van der Waals surface area contributed by atoms with Gasteiger partial charge in [0.25, 0.3) is 5.91 Å². The summed E-state index contributed by atoms with van der Waals surface area (Å²) in [5.41, 5.74) is 3.18. The van der Waals surface area contributed by atoms with E-state index in [4.69, 9.17) is 9.52 Å². The number of hydrogen-bond acceptors (Lipinski definition) is 6. The number of fused-ring (bicyclic) bond motifs is 2. The molecule has 4 aromatic heterocycles. The van der Waals surface area contributed by atoms with Crippen LogP contribution in [0, 0.1) is 6.92 Å². The fraction of sp³-hybridized carbons (Fsp3) is 0.333. The van der Waals surface area contributed by atoms with E-state index in [0.29, 0.717) is 13.0 Å². The van der Waals surface area contributed by atoms with Crippen molar-refractivity contribution in [1.29, 1.82) is 0 Å². The number of amides is 1. The summed E-state index contributed by atoms with van der Waals surface area (Å²) in [6, 6.07) is 7.47. The Morgan fingerprint density at radius 1 is 1.33 bits per heavy atom. The van der Waals surface area contributed by atoms with Gasteiger partial charge in [-0.15, -0.1) is 0 Å². The SMILES string of the molecule is Cc1cccc2cc(C3c4nc[nH]c4CCN3C(=O)c3cnc(C(C)(C)O)o3)nn12. The lowest BCUT2D eigenvalue weighted by Gasteiger charge is -2.33. The minimum absolute atomic E-state index is 0.0797. The van der Waals surface area contributed by atoms with E-state index in [1.165, 1.54) is 6.20 Å². The summed E-state index contributed by atoms with van der Waals surface area (Å²) in [5, 5.41) is 14.9. The van der Waals surface area contributed by atoms with Crippen LogP contribution in [-0.4, -0.2) is 47.0 Å². The van der Waals surface area contributed by atoms with Gasteiger partial charge in [0.15, 0.2) is 0 Å². The number of aryl methyl sites for hydroxylation is 1. The first-order valence-electron chi connectivity index (χ1n) is 9.80. The van der Waals surface area contributed by atoms with Crippen molar-refractivity contribution in [3.05, 3.63) is 71.2 Å². The molecule has 1 aliphatic rings. The maximum Gasteiger partial charge on any atom is 0.292 e. The number of rotatable bonds is 3. The average Bonchev–Trinajstić information content (AvgIpc) is 3.44. The Bertz CT molecular complexity index is 1250. The second kappa shape index (κ2) is 6.53. The zero-order valence-corrected chi connectivity index (χ0v) is 17.0. The molecule has 5 heterocycles. The van der Waals surface area contributed by atoms with Gasteiger partial charge in [0.2, 0.25) is 11.7 Å². The van der Waals surface area contributed by atoms with Gasteiger partial charge in [-0.1, -0.05) is 6.07 Å². The van der Waals surface area contributed by atoms with E-state index in [2.05, 4.69) is 15.0 Å². The third kappa shape index (κ3) is 2.89. The van der Waals surface area contributed by atoms with Crippen molar-refractivity contribution in [2.45, 2.75) is 38.8 Å². The third-order valence-electron chi connectivity index (χ3n) is 5.40. The molecular formula is C21H22N6O3. The number of pyridine rings is 1. The van der Waals surface area contributed by atoms with E-state index in [1.54, 1.807) is 25.1 Å². The number of hydrogen-bond donors (Lipinski definition) is 2. The van der Waals surface area contributed by atoms with Gasteiger partial charge in [-0.25, -0.2) is 14.5 Å². The zero-order chi connectivity index (χ0) is 21.0. The van der Waals surface area contributed by atoms with Gasteiger partial charge in [-0.2, -0.15) is 5.10 Å². The highest BCUT2D eigenvalue weighted by molar-refractivity contribution is 5.92. The number of oxazole rings is 1. The third-order valence-corrected chi connectivity index (χ3v) is 5.40. The summed E-state index contributed by atoms with van der Waals surface area (Å²) >= 11 is 0. The van der Waals surface area contributed by atoms with Crippen LogP contribution < -0.4 is 0 Å². The maximum atomic E-state index is 13.4. The Morgan fingerprint density at radius 3 is 2.90 bits per heavy atom. The molecule has 0 fully saturated rings. The van der Waals surface area contributed by atoms with E-state index in [0.717, 1.165) is 28.3 Å². The van der Waals surface area contributed by atoms with Crippen LogP contribution in [0.3, 0.4) is 0 Å². The summed E-state index contributed by atoms with van der Waals surface area (Å²) in [4.78, 5) is 26.8. The molecular weight excluding hydrogens is 384 g/mol. The second-order valence-corrected chi connectivity index (χ2v) is 8.08. The topological polar surface area (TPSA) is 113 Å². The largest absolute Gasteiger partial charge is 0.432 e. The van der Waals surface area contributed by atoms with Crippen LogP contribution in [0.5, 0.6) is 0 Å². The van der Waals surface area contributed by atoms with Crippen LogP contribution in [0.4, 0.5) is 0 Å². The average molecular weight is 406 g/mol. The molecule has 1 atom stereocenters. The van der Waals surface area contributed by atoms with E-state index in [-0.39, 0.29) is 17.6 Å². The minimum atomic E-state index is -1.27. The highest BCUT2D eigenvalue weighted by Gasteiger charge is 2.38. The molecule has 154 valence electrons. The smallest absolute Gasteiger partial charge is 0.292 e. The molecule has 1 unspecified atom stereocenters. The van der Waals surface area contributed by atoms with Crippen LogP contribution in [0.15, 0.2) is 41.2 Å². The lowest BCUT2D eigenvalue weighted by atomic mass is 9.99. The Labute approximate surface area is 172 Å². The highest BCUT2D eigenvalue weighted by atomic mass is 16.4. The number of nitrogens with zero attached hydrogens (tertiary/aromatic N) is 5. The summed E-state index contributed by atoms with van der Waals surface area (Å²) in [6.45, 7) is 5.59. The van der Waals surface area contributed by atoms with Gasteiger partial charge >= 0.3 is 0 Å². The first kappa shape index (κ1) is 18.6. The van der Waals surface area contributed by atoms with Crippen molar-refractivity contribution < 1.29 is 14.3 Å². The molecule has 0 radical (unpaired) electrons. The van der Waals surface area contributed by atoms with E-state index >= 15 is 0 Å². The number of carbonyl (C=O) groups excluding carboxylic acids is 1. The van der Waals surface area contributed by atoms with Crippen LogP contribution in [0.25, 0.3) is 5.52 Å². The van der Waals surface area contributed by atoms with Crippen LogP contribution in [0.1, 0.15) is 59.1 Å². The molecule has 0 saturated heterocycles. The van der Waals surface area contributed by atoms with Gasteiger partial charge in [0, 0.05) is 24.4 Å². The van der Waals surface area contributed by atoms with Crippen molar-refractivity contribution in [2.24, 2.45) is 0 Å². The van der Waals surface area contributed by atoms with E-state index in [1.807, 2.05) is 35.7 Å². The lowest BCUT2D eigenvalue weighted by molar-refractivity contribution is 0.0440. The van der Waals surface area contributed by atoms with E-state index in [9.17, 15) is 9.90 Å². The normalized spacial score (nSPS) is 16.8. The predicted octanol–water partition coefficient (Wildman–Crippen LogP) is 2.37. The lowest BCUT2D eigenvalue weighted by Crippen LogP contribution is -2.40. The van der Waals surface area contributed by atoms with Gasteiger partial charge in [-0.05, 0) is 39.0 Å². The minimum Gasteiger partial charge on any atom is -0.432 e. The highest BCUT2D eigenvalue weighted by Crippen LogP contribution is 2.34. The number of aromatic nitrogens is 5. The number of imidazole rings is 1. The molecule has 4 aromatic rings. The number of aromatic amines is 1. The standard InChI is InChI=1S/C21H22N6O3/c1-12-5-4-6-13-9-15(25-27(12)13)18-17-14(23-11-24-17)7-8-26(18)19(28)16-10-22-20(30-16)21(2,3)29/h4-6,9-11,18,29H,7-8H2,1-3H3,(H,23,24). The maximum absolute atomic E-state index is 13.4. The van der Waals surface area contributed by atoms with Crippen LogP contribution in [0.2, 0.25) is 0 Å². The number of aliphatic hydroxyl groups is 1. The fourth-order valence-corrected chi connectivity index (χ4v) is 3.90. The molecule has 0 spiro atoms. The summed E-state index contributed by atoms with van der Waals surface area (Å²) in [5.74, 6) is -0.135. The summed E-state index contributed by atoms with van der Waals surface area (Å²) in [6.07, 6.45) is 3.66. The second-order valence-electron chi connectivity index (χ2n) is 8.08. The first-order valence-corrected chi connectivity index (χ1v) is 9.80. The number of carbonyl (C=O) groups is 1. The molecule has 0 bridgehead atoms. The first-order chi connectivity index (χ1) is 14.3. The molecule has 1 amide bonds. The van der Waals surface area contributed by atoms with Crippen molar-refractivity contribution >= 4 is 11.4 Å². The molecule has 0 aromatic carbocycles. The van der Waals surface area contributed by atoms with Crippen molar-refractivity contribution in [3.8, 4) is 0 Å². The molecule has 0 saturated carbocycles. The fourth-order valence-electron chi connectivity index (χ4n) is 3.90. The molecule has 2 N–H and O–H groups in total. The van der Waals surface area contributed by atoms with Gasteiger partial charge in [0.05, 0.1) is 29.4 Å². The van der Waals surface area contributed by atoms with Crippen molar-refractivity contribution in [2.75, 3.05) is 6.54 Å². The molecule has 1 aliphatic heterocycles. The summed E-state index contributed by atoms with van der Waals surface area (Å²) < 4.78 is 7.45. The van der Waals surface area contributed by atoms with Gasteiger partial charge in [0.1, 0.15) is 11.6 Å². The Balaban J connectivity index is 1.59. The van der Waals surface area contributed by atoms with E-state index < -0.39 is 11.6 Å². The molecule has 9 nitrogen and oxygen atoms in total. The quantitative estimate of drug-likeness (QED) is 0.540. The predicted molar refractivity (Wildman–Crippen MR) is 107 cm³/mol. The van der Waals surface area contributed by atoms with Crippen LogP contribution in [-0.2, 0) is 12.0 Å². The zero-order valence-electron chi connectivity index (χ0n) is 17.0. The Hall–Kier alpha value is -3.46.